The van der Waals surface area contributed by atoms with E-state index in [1.165, 1.54) is 18.7 Å². The molecule has 0 aliphatic carbocycles. The second-order valence-electron chi connectivity index (χ2n) is 4.53. The Morgan fingerprint density at radius 1 is 1.53 bits per heavy atom. The summed E-state index contributed by atoms with van der Waals surface area (Å²) in [5, 5.41) is 3.46. The van der Waals surface area contributed by atoms with Gasteiger partial charge in [0.15, 0.2) is 0 Å². The van der Waals surface area contributed by atoms with Gasteiger partial charge in [0.05, 0.1) is 6.33 Å². The number of imidazole rings is 2. The van der Waals surface area contributed by atoms with E-state index in [-0.39, 0.29) is 0 Å². The van der Waals surface area contributed by atoms with Crippen molar-refractivity contribution in [2.75, 3.05) is 6.54 Å². The Morgan fingerprint density at radius 3 is 3.41 bits per heavy atom. The van der Waals surface area contributed by atoms with Gasteiger partial charge in [0.1, 0.15) is 5.82 Å². The van der Waals surface area contributed by atoms with E-state index in [9.17, 15) is 0 Å². The molecule has 0 saturated carbocycles. The van der Waals surface area contributed by atoms with Gasteiger partial charge in [-0.2, -0.15) is 0 Å². The Labute approximate surface area is 100 Å². The normalized spacial score (nSPS) is 19.2. The highest BCUT2D eigenvalue weighted by atomic mass is 15.1. The number of fused-ring (bicyclic) bond motifs is 1. The summed E-state index contributed by atoms with van der Waals surface area (Å²) in [6.45, 7) is 2.94. The van der Waals surface area contributed by atoms with Gasteiger partial charge in [-0.05, 0) is 12.8 Å². The standard InChI is InChI=1S/C12H17N5/c1-2-10(12-15-3-5-17(12)4-1)6-13-7-11-8-14-9-16-11/h3,5,8-10,13H,1-2,4,6-7H2,(H,14,16)/t10-/m0/s1. The zero-order chi connectivity index (χ0) is 11.5. The Bertz CT molecular complexity index is 459. The first-order valence-electron chi connectivity index (χ1n) is 6.12. The van der Waals surface area contributed by atoms with Crippen LogP contribution in [0.1, 0.15) is 30.3 Å². The first kappa shape index (κ1) is 10.5. The number of aromatic nitrogens is 4. The first-order chi connectivity index (χ1) is 8.43. The molecule has 1 aliphatic heterocycles. The number of aromatic amines is 1. The summed E-state index contributed by atoms with van der Waals surface area (Å²) in [6.07, 6.45) is 10.0. The van der Waals surface area contributed by atoms with Crippen molar-refractivity contribution in [3.8, 4) is 0 Å². The van der Waals surface area contributed by atoms with Crippen LogP contribution in [0, 0.1) is 0 Å². The molecule has 1 atom stereocenters. The van der Waals surface area contributed by atoms with Crippen LogP contribution in [0.2, 0.25) is 0 Å². The highest BCUT2D eigenvalue weighted by molar-refractivity contribution is 5.04. The summed E-state index contributed by atoms with van der Waals surface area (Å²) in [5.41, 5.74) is 1.13. The van der Waals surface area contributed by atoms with Gasteiger partial charge in [-0.1, -0.05) is 0 Å². The lowest BCUT2D eigenvalue weighted by Crippen LogP contribution is -2.26. The van der Waals surface area contributed by atoms with E-state index < -0.39 is 0 Å². The van der Waals surface area contributed by atoms with Crippen LogP contribution in [0.4, 0.5) is 0 Å². The SMILES string of the molecule is c1cn2c(n1)[C@H](CNCc1cnc[nH]1)CCC2. The van der Waals surface area contributed by atoms with Crippen molar-refractivity contribution < 1.29 is 0 Å². The van der Waals surface area contributed by atoms with Crippen LogP contribution in [-0.2, 0) is 13.1 Å². The number of H-pyrrole nitrogens is 1. The molecule has 0 aromatic carbocycles. The zero-order valence-corrected chi connectivity index (χ0v) is 9.76. The molecule has 5 heteroatoms. The molecule has 17 heavy (non-hydrogen) atoms. The minimum absolute atomic E-state index is 0.543. The molecule has 0 saturated heterocycles. The number of aryl methyl sites for hydroxylation is 1. The number of nitrogens with zero attached hydrogens (tertiary/aromatic N) is 3. The molecule has 0 spiro atoms. The third-order valence-electron chi connectivity index (χ3n) is 3.33. The van der Waals surface area contributed by atoms with E-state index in [1.807, 2.05) is 12.4 Å². The van der Waals surface area contributed by atoms with Crippen molar-refractivity contribution in [3.05, 3.63) is 36.4 Å². The van der Waals surface area contributed by atoms with Gasteiger partial charge >= 0.3 is 0 Å². The fourth-order valence-electron chi connectivity index (χ4n) is 2.46. The van der Waals surface area contributed by atoms with Crippen LogP contribution >= 0.6 is 0 Å². The molecule has 2 aromatic rings. The Morgan fingerprint density at radius 2 is 2.53 bits per heavy atom. The Hall–Kier alpha value is -1.62. The van der Waals surface area contributed by atoms with Crippen LogP contribution < -0.4 is 5.32 Å². The van der Waals surface area contributed by atoms with Gasteiger partial charge in [-0.3, -0.25) is 0 Å². The van der Waals surface area contributed by atoms with E-state index in [0.29, 0.717) is 5.92 Å². The van der Waals surface area contributed by atoms with Crippen LogP contribution in [0.15, 0.2) is 24.9 Å². The van der Waals surface area contributed by atoms with Crippen LogP contribution in [0.5, 0.6) is 0 Å². The number of rotatable bonds is 4. The molecule has 5 nitrogen and oxygen atoms in total. The lowest BCUT2D eigenvalue weighted by molar-refractivity contribution is 0.422. The maximum Gasteiger partial charge on any atom is 0.113 e. The molecule has 2 N–H and O–H groups in total. The monoisotopic (exact) mass is 231 g/mol. The minimum Gasteiger partial charge on any atom is -0.347 e. The minimum atomic E-state index is 0.543. The second-order valence-corrected chi connectivity index (χ2v) is 4.53. The fourth-order valence-corrected chi connectivity index (χ4v) is 2.46. The molecular weight excluding hydrogens is 214 g/mol. The molecule has 0 bridgehead atoms. The number of nitrogens with one attached hydrogen (secondary N) is 2. The molecule has 90 valence electrons. The molecule has 0 fully saturated rings. The van der Waals surface area contributed by atoms with Gasteiger partial charge in [-0.15, -0.1) is 0 Å². The molecule has 0 radical (unpaired) electrons. The lowest BCUT2D eigenvalue weighted by atomic mass is 9.99. The summed E-state index contributed by atoms with van der Waals surface area (Å²) < 4.78 is 2.27. The van der Waals surface area contributed by atoms with Crippen molar-refractivity contribution in [2.24, 2.45) is 0 Å². The summed E-state index contributed by atoms with van der Waals surface area (Å²) in [6, 6.07) is 0. The molecular formula is C12H17N5. The molecule has 0 amide bonds. The van der Waals surface area contributed by atoms with E-state index in [2.05, 4.69) is 31.0 Å². The predicted octanol–water partition coefficient (Wildman–Crippen LogP) is 1.27. The second kappa shape index (κ2) is 4.71. The van der Waals surface area contributed by atoms with Crippen LogP contribution in [0.3, 0.4) is 0 Å². The third-order valence-corrected chi connectivity index (χ3v) is 3.33. The van der Waals surface area contributed by atoms with Gasteiger partial charge in [0.2, 0.25) is 0 Å². The topological polar surface area (TPSA) is 58.5 Å². The summed E-state index contributed by atoms with van der Waals surface area (Å²) in [4.78, 5) is 11.6. The average molecular weight is 231 g/mol. The van der Waals surface area contributed by atoms with Gasteiger partial charge in [0.25, 0.3) is 0 Å². The smallest absolute Gasteiger partial charge is 0.113 e. The molecule has 1 aliphatic rings. The van der Waals surface area contributed by atoms with E-state index in [1.54, 1.807) is 6.33 Å². The zero-order valence-electron chi connectivity index (χ0n) is 9.76. The third kappa shape index (κ3) is 2.24. The Kier molecular flexibility index (Phi) is 2.92. The van der Waals surface area contributed by atoms with E-state index in [0.717, 1.165) is 25.3 Å². The molecule has 2 aromatic heterocycles. The van der Waals surface area contributed by atoms with Crippen molar-refractivity contribution in [1.82, 2.24) is 24.8 Å². The molecule has 3 rings (SSSR count). The quantitative estimate of drug-likeness (QED) is 0.833. The molecule has 3 heterocycles. The maximum atomic E-state index is 4.46. The van der Waals surface area contributed by atoms with Crippen LogP contribution in [-0.4, -0.2) is 26.1 Å². The number of hydrogen-bond acceptors (Lipinski definition) is 3. The summed E-state index contributed by atoms with van der Waals surface area (Å²) >= 11 is 0. The highest BCUT2D eigenvalue weighted by Crippen LogP contribution is 2.24. The number of hydrogen-bond donors (Lipinski definition) is 2. The summed E-state index contributed by atoms with van der Waals surface area (Å²) in [7, 11) is 0. The highest BCUT2D eigenvalue weighted by Gasteiger charge is 2.20. The van der Waals surface area contributed by atoms with Gasteiger partial charge < -0.3 is 14.9 Å². The lowest BCUT2D eigenvalue weighted by Gasteiger charge is -2.23. The van der Waals surface area contributed by atoms with Gasteiger partial charge in [-0.25, -0.2) is 9.97 Å². The maximum absolute atomic E-state index is 4.46. The van der Waals surface area contributed by atoms with Gasteiger partial charge in [0, 0.05) is 49.8 Å². The van der Waals surface area contributed by atoms with E-state index in [4.69, 9.17) is 0 Å². The van der Waals surface area contributed by atoms with Crippen molar-refractivity contribution >= 4 is 0 Å². The predicted molar refractivity (Wildman–Crippen MR) is 64.5 cm³/mol. The first-order valence-corrected chi connectivity index (χ1v) is 6.12. The van der Waals surface area contributed by atoms with Crippen LogP contribution in [0.25, 0.3) is 0 Å². The van der Waals surface area contributed by atoms with Crippen molar-refractivity contribution in [3.63, 3.8) is 0 Å². The average Bonchev–Trinajstić information content (AvgIpc) is 2.99. The van der Waals surface area contributed by atoms with Crippen molar-refractivity contribution in [2.45, 2.75) is 31.8 Å². The van der Waals surface area contributed by atoms with Crippen molar-refractivity contribution in [1.29, 1.82) is 0 Å². The Balaban J connectivity index is 1.57. The largest absolute Gasteiger partial charge is 0.347 e. The summed E-state index contributed by atoms with van der Waals surface area (Å²) in [5.74, 6) is 1.77. The van der Waals surface area contributed by atoms with E-state index >= 15 is 0 Å². The molecule has 0 unspecified atom stereocenters. The fraction of sp³-hybridized carbons (Fsp3) is 0.500.